The zero-order chi connectivity index (χ0) is 27.7. The van der Waals surface area contributed by atoms with Gasteiger partial charge in [-0.1, -0.05) is 17.7 Å². The van der Waals surface area contributed by atoms with Crippen molar-refractivity contribution in [3.8, 4) is 5.75 Å². The quantitative estimate of drug-likeness (QED) is 0.180. The van der Waals surface area contributed by atoms with Gasteiger partial charge in [0.1, 0.15) is 0 Å². The third-order valence-electron chi connectivity index (χ3n) is 5.87. The van der Waals surface area contributed by atoms with E-state index in [0.717, 1.165) is 33.8 Å². The Morgan fingerprint density at radius 1 is 1.00 bits per heavy atom. The third kappa shape index (κ3) is 8.15. The zero-order valence-electron chi connectivity index (χ0n) is 22.0. The summed E-state index contributed by atoms with van der Waals surface area (Å²) in [6.45, 7) is 5.25. The van der Waals surface area contributed by atoms with Gasteiger partial charge in [0.15, 0.2) is 0 Å². The Morgan fingerprint density at radius 2 is 1.71 bits per heavy atom. The van der Waals surface area contributed by atoms with Gasteiger partial charge in [-0.25, -0.2) is 0 Å². The summed E-state index contributed by atoms with van der Waals surface area (Å²) in [7, 11) is 1.23. The molecule has 0 aliphatic carbocycles. The standard InChI is InChI=1S/C28H33AsN4O5/c1-17-8-5-11-21(14-17)25(35)30-16-23(27(37)38-4)33-26(36)24-18(2)31-28(32-19(24)3)29-13-7-10-20-9-6-12-22(34)15-20/h5-6,8-9,11-12,14-15,23,29,34H,7,10,13,16H2,1-4H3,(H,30,35)(H,33,36)/t23-/m0/s1. The van der Waals surface area contributed by atoms with Crippen molar-refractivity contribution in [2.75, 3.05) is 13.7 Å². The SMILES string of the molecule is COC(=O)[C@H](CNC(=O)c1cccc(C)c1)NC(=O)c1c(C)nc([AsH]CCCc2cccc(O)c2)nc1C. The summed E-state index contributed by atoms with van der Waals surface area (Å²) in [5.41, 5.74) is 3.86. The number of aromatic nitrogens is 2. The summed E-state index contributed by atoms with van der Waals surface area (Å²) >= 11 is -0.603. The van der Waals surface area contributed by atoms with Crippen LogP contribution in [0.25, 0.3) is 0 Å². The molecule has 0 radical (unpaired) electrons. The Bertz CT molecular complexity index is 1290. The number of benzene rings is 2. The number of methoxy groups -OCH3 is 1. The molecule has 0 spiro atoms. The number of hydrogen-bond acceptors (Lipinski definition) is 7. The van der Waals surface area contributed by atoms with Crippen LogP contribution in [-0.2, 0) is 16.0 Å². The molecule has 2 atom stereocenters. The van der Waals surface area contributed by atoms with Gasteiger partial charge in [0.25, 0.3) is 0 Å². The van der Waals surface area contributed by atoms with Crippen LogP contribution in [0.3, 0.4) is 0 Å². The molecule has 0 bridgehead atoms. The average Bonchev–Trinajstić information content (AvgIpc) is 2.88. The molecule has 38 heavy (non-hydrogen) atoms. The number of nitrogens with zero attached hydrogens (tertiary/aromatic N) is 2. The van der Waals surface area contributed by atoms with Crippen molar-refractivity contribution >= 4 is 38.1 Å². The molecular formula is C28H33AsN4O5. The molecule has 10 heteroatoms. The number of phenolic OH excluding ortho intramolecular Hbond substituents is 1. The molecule has 3 N–H and O–H groups in total. The number of amides is 2. The minimum atomic E-state index is -1.08. The second kappa shape index (κ2) is 13.7. The number of aryl methyl sites for hydroxylation is 4. The summed E-state index contributed by atoms with van der Waals surface area (Å²) in [5.74, 6) is -1.26. The Kier molecular flexibility index (Phi) is 10.4. The van der Waals surface area contributed by atoms with Crippen molar-refractivity contribution < 1.29 is 24.2 Å². The second-order valence-electron chi connectivity index (χ2n) is 8.92. The van der Waals surface area contributed by atoms with Gasteiger partial charge in [-0.15, -0.1) is 0 Å². The van der Waals surface area contributed by atoms with Crippen LogP contribution in [0.5, 0.6) is 5.75 Å². The number of phenols is 1. The molecule has 2 amide bonds. The van der Waals surface area contributed by atoms with Crippen molar-refractivity contribution in [1.29, 1.82) is 0 Å². The van der Waals surface area contributed by atoms with E-state index in [1.807, 2.05) is 25.1 Å². The molecule has 1 heterocycles. The van der Waals surface area contributed by atoms with Crippen LogP contribution < -0.4 is 15.2 Å². The molecule has 1 aromatic heterocycles. The van der Waals surface area contributed by atoms with Gasteiger partial charge < -0.3 is 0 Å². The van der Waals surface area contributed by atoms with Gasteiger partial charge in [0.2, 0.25) is 0 Å². The number of ether oxygens (including phenoxy) is 1. The first-order valence-electron chi connectivity index (χ1n) is 12.3. The van der Waals surface area contributed by atoms with Gasteiger partial charge in [-0.3, -0.25) is 0 Å². The normalized spacial score (nSPS) is 11.8. The van der Waals surface area contributed by atoms with Crippen molar-refractivity contribution in [1.82, 2.24) is 20.6 Å². The Hall–Kier alpha value is -3.71. The fourth-order valence-electron chi connectivity index (χ4n) is 3.98. The number of nitrogens with one attached hydrogen (secondary N) is 2. The zero-order valence-corrected chi connectivity index (χ0v) is 24.1. The van der Waals surface area contributed by atoms with Crippen LogP contribution in [0.1, 0.15) is 49.7 Å². The van der Waals surface area contributed by atoms with Crippen LogP contribution >= 0.6 is 0 Å². The van der Waals surface area contributed by atoms with E-state index in [1.54, 1.807) is 44.2 Å². The predicted molar refractivity (Wildman–Crippen MR) is 146 cm³/mol. The van der Waals surface area contributed by atoms with E-state index in [9.17, 15) is 19.5 Å². The van der Waals surface area contributed by atoms with E-state index < -0.39 is 33.7 Å². The van der Waals surface area contributed by atoms with Crippen molar-refractivity contribution in [3.05, 3.63) is 82.2 Å². The second-order valence-corrected chi connectivity index (χ2v) is 11.7. The molecule has 3 aromatic rings. The maximum absolute atomic E-state index is 13.1. The molecule has 3 rings (SSSR count). The van der Waals surface area contributed by atoms with E-state index in [0.29, 0.717) is 22.5 Å². The van der Waals surface area contributed by atoms with Crippen LogP contribution in [0.2, 0.25) is 5.21 Å². The first-order valence-corrected chi connectivity index (χ1v) is 14.8. The van der Waals surface area contributed by atoms with Gasteiger partial charge in [0, 0.05) is 0 Å². The first kappa shape index (κ1) is 28.9. The van der Waals surface area contributed by atoms with E-state index in [-0.39, 0.29) is 18.2 Å². The van der Waals surface area contributed by atoms with E-state index in [2.05, 4.69) is 20.6 Å². The molecule has 9 nitrogen and oxygen atoms in total. The number of hydrogen-bond donors (Lipinski definition) is 3. The topological polar surface area (TPSA) is 131 Å². The summed E-state index contributed by atoms with van der Waals surface area (Å²) in [6.07, 6.45) is 1.83. The molecule has 0 aliphatic heterocycles. The van der Waals surface area contributed by atoms with Crippen LogP contribution in [0.4, 0.5) is 0 Å². The van der Waals surface area contributed by atoms with Gasteiger partial charge >= 0.3 is 205 Å². The molecule has 0 saturated carbocycles. The fraction of sp³-hybridized carbons (Fsp3) is 0.321. The Morgan fingerprint density at radius 3 is 2.37 bits per heavy atom. The monoisotopic (exact) mass is 580 g/mol. The number of carbonyl (C=O) groups is 3. The molecule has 0 aliphatic rings. The molecule has 200 valence electrons. The van der Waals surface area contributed by atoms with Crippen molar-refractivity contribution in [3.63, 3.8) is 0 Å². The third-order valence-corrected chi connectivity index (χ3v) is 8.27. The first-order chi connectivity index (χ1) is 18.2. The van der Waals surface area contributed by atoms with Gasteiger partial charge in [-0.2, -0.15) is 0 Å². The summed E-state index contributed by atoms with van der Waals surface area (Å²) < 4.78 is 5.60. The van der Waals surface area contributed by atoms with Crippen molar-refractivity contribution in [2.24, 2.45) is 0 Å². The summed E-state index contributed by atoms with van der Waals surface area (Å²) in [6, 6.07) is 13.2. The van der Waals surface area contributed by atoms with Gasteiger partial charge in [0.05, 0.1) is 0 Å². The fourth-order valence-corrected chi connectivity index (χ4v) is 6.22. The molecular weight excluding hydrogens is 547 g/mol. The molecule has 1 unspecified atom stereocenters. The maximum atomic E-state index is 13.1. The van der Waals surface area contributed by atoms with Crippen LogP contribution in [0.15, 0.2) is 48.5 Å². The number of carbonyl (C=O) groups excluding carboxylic acids is 3. The molecule has 0 saturated heterocycles. The Labute approximate surface area is 229 Å². The van der Waals surface area contributed by atoms with Crippen LogP contribution in [0, 0.1) is 20.8 Å². The van der Waals surface area contributed by atoms with E-state index in [1.165, 1.54) is 7.11 Å². The van der Waals surface area contributed by atoms with E-state index >= 15 is 0 Å². The number of aromatic hydroxyl groups is 1. The van der Waals surface area contributed by atoms with Crippen molar-refractivity contribution in [2.45, 2.75) is 44.9 Å². The van der Waals surface area contributed by atoms with Crippen LogP contribution in [-0.4, -0.2) is 68.3 Å². The minimum absolute atomic E-state index is 0.131. The predicted octanol–water partition coefficient (Wildman–Crippen LogP) is 1.92. The number of rotatable bonds is 11. The van der Waals surface area contributed by atoms with E-state index in [4.69, 9.17) is 4.74 Å². The Balaban J connectivity index is 1.60. The molecule has 0 fully saturated rings. The number of esters is 1. The van der Waals surface area contributed by atoms with Gasteiger partial charge in [-0.05, 0) is 6.92 Å². The molecule has 2 aromatic carbocycles. The summed E-state index contributed by atoms with van der Waals surface area (Å²) in [5, 5.41) is 15.9. The summed E-state index contributed by atoms with van der Waals surface area (Å²) in [4.78, 5) is 47.1. The average molecular weight is 581 g/mol.